The molecular weight excluding hydrogens is 389 g/mol. The maximum absolute atomic E-state index is 15.2. The summed E-state index contributed by atoms with van der Waals surface area (Å²) in [5, 5.41) is 10.7. The van der Waals surface area contributed by atoms with Gasteiger partial charge in [0.15, 0.2) is 11.5 Å². The first-order valence-electron chi connectivity index (χ1n) is 9.58. The van der Waals surface area contributed by atoms with Crippen LogP contribution in [-0.4, -0.2) is 32.4 Å². The van der Waals surface area contributed by atoms with Gasteiger partial charge < -0.3 is 10.1 Å². The van der Waals surface area contributed by atoms with Crippen LogP contribution in [0.25, 0.3) is 16.0 Å². The maximum Gasteiger partial charge on any atom is 0.256 e. The van der Waals surface area contributed by atoms with Crippen LogP contribution in [-0.2, 0) is 4.74 Å². The lowest BCUT2D eigenvalue weighted by Gasteiger charge is -2.25. The third-order valence-electron chi connectivity index (χ3n) is 5.57. The fourth-order valence-corrected chi connectivity index (χ4v) is 3.83. The number of hydrogen-bond acceptors (Lipinski definition) is 5. The van der Waals surface area contributed by atoms with Crippen molar-refractivity contribution >= 4 is 17.2 Å². The molecule has 0 unspecified atom stereocenters. The lowest BCUT2D eigenvalue weighted by Crippen LogP contribution is -2.32. The topological polar surface area (TPSA) is 117 Å². The Balaban J connectivity index is 1.69. The largest absolute Gasteiger partial charge is 0.356 e. The zero-order chi connectivity index (χ0) is 21.3. The molecule has 1 fully saturated rings. The van der Waals surface area contributed by atoms with E-state index in [0.29, 0.717) is 29.0 Å². The molecule has 0 bridgehead atoms. The quantitative estimate of drug-likeness (QED) is 0.381. The molecule has 1 N–H and O–H groups in total. The van der Waals surface area contributed by atoms with E-state index in [1.165, 1.54) is 10.8 Å². The van der Waals surface area contributed by atoms with Crippen molar-refractivity contribution in [2.75, 3.05) is 5.32 Å². The van der Waals surface area contributed by atoms with E-state index in [2.05, 4.69) is 25.4 Å². The monoisotopic (exact) mass is 409 g/mol. The number of fused-ring (bicyclic) bond motifs is 1. The number of azide groups is 1. The molecule has 0 radical (unpaired) electrons. The van der Waals surface area contributed by atoms with E-state index in [4.69, 9.17) is 10.3 Å². The molecular formula is C20H20FN7O2. The highest BCUT2D eigenvalue weighted by atomic mass is 19.1. The van der Waals surface area contributed by atoms with Crippen molar-refractivity contribution < 1.29 is 13.9 Å². The number of ether oxygens (including phenoxy) is 1. The minimum Gasteiger partial charge on any atom is -0.356 e. The Bertz CT molecular complexity index is 1130. The Labute approximate surface area is 171 Å². The number of hydrogen-bond donors (Lipinski definition) is 1. The summed E-state index contributed by atoms with van der Waals surface area (Å²) in [4.78, 5) is 19.5. The van der Waals surface area contributed by atoms with Crippen LogP contribution >= 0.6 is 0 Å². The van der Waals surface area contributed by atoms with Crippen molar-refractivity contribution in [2.45, 2.75) is 38.3 Å². The van der Waals surface area contributed by atoms with Gasteiger partial charge >= 0.3 is 0 Å². The number of aromatic nitrogens is 3. The molecule has 3 heterocycles. The standard InChI is InChI=1S/C20H20FN7O2/c1-3-20(26-27-22)12(2)16(21)17(30-20)14-9-10-15-18(23-11-24-28(14)15)25-19(29)13-7-5-4-6-8-13/h4-12,16-17H,3H2,1-2H3,(H,23,24,25,29)/t12-,16+,17-,20+/m0/s1. The average molecular weight is 409 g/mol. The number of amides is 1. The van der Waals surface area contributed by atoms with E-state index in [-0.39, 0.29) is 5.91 Å². The molecule has 4 atom stereocenters. The lowest BCUT2D eigenvalue weighted by molar-refractivity contribution is -0.0592. The van der Waals surface area contributed by atoms with Crippen LogP contribution in [0.4, 0.5) is 10.2 Å². The normalized spacial score (nSPS) is 25.8. The molecule has 0 aliphatic carbocycles. The van der Waals surface area contributed by atoms with Crippen molar-refractivity contribution in [3.63, 3.8) is 0 Å². The van der Waals surface area contributed by atoms with E-state index < -0.39 is 23.9 Å². The minimum atomic E-state index is -1.40. The summed E-state index contributed by atoms with van der Waals surface area (Å²) >= 11 is 0. The summed E-state index contributed by atoms with van der Waals surface area (Å²) in [6.07, 6.45) is -0.749. The summed E-state index contributed by atoms with van der Waals surface area (Å²) in [6.45, 7) is 3.45. The molecule has 1 aliphatic heterocycles. The zero-order valence-corrected chi connectivity index (χ0v) is 16.4. The second kappa shape index (κ2) is 7.74. The molecule has 0 spiro atoms. The van der Waals surface area contributed by atoms with Gasteiger partial charge in [-0.2, -0.15) is 5.10 Å². The number of alkyl halides is 1. The van der Waals surface area contributed by atoms with Crippen molar-refractivity contribution in [1.29, 1.82) is 0 Å². The molecule has 1 aromatic carbocycles. The van der Waals surface area contributed by atoms with E-state index in [1.54, 1.807) is 50.2 Å². The second-order valence-corrected chi connectivity index (χ2v) is 7.14. The van der Waals surface area contributed by atoms with Crippen LogP contribution in [0, 0.1) is 5.92 Å². The SMILES string of the molecule is CC[C@@]1(N=[N+]=[N-])O[C@@H](c2ccc3c(NC(=O)c4ccccc4)ncnn23)[C@H](F)[C@@H]1C. The molecule has 154 valence electrons. The average Bonchev–Trinajstić information content (AvgIpc) is 3.30. The molecule has 0 saturated carbocycles. The smallest absolute Gasteiger partial charge is 0.256 e. The van der Waals surface area contributed by atoms with E-state index in [0.717, 1.165) is 0 Å². The Morgan fingerprint density at radius 3 is 2.83 bits per heavy atom. The fourth-order valence-electron chi connectivity index (χ4n) is 3.83. The summed E-state index contributed by atoms with van der Waals surface area (Å²) in [7, 11) is 0. The molecule has 1 amide bonds. The van der Waals surface area contributed by atoms with Crippen LogP contribution in [0.5, 0.6) is 0 Å². The van der Waals surface area contributed by atoms with Gasteiger partial charge in [0.2, 0.25) is 0 Å². The van der Waals surface area contributed by atoms with Gasteiger partial charge in [-0.1, -0.05) is 37.2 Å². The fraction of sp³-hybridized carbons (Fsp3) is 0.350. The molecule has 3 aromatic rings. The number of carbonyl (C=O) groups excluding carboxylic acids is 1. The van der Waals surface area contributed by atoms with Gasteiger partial charge in [-0.3, -0.25) is 4.79 Å². The predicted molar refractivity (Wildman–Crippen MR) is 107 cm³/mol. The highest BCUT2D eigenvalue weighted by Gasteiger charge is 2.53. The van der Waals surface area contributed by atoms with Crippen molar-refractivity contribution in [2.24, 2.45) is 11.0 Å². The third kappa shape index (κ3) is 3.16. The number of nitrogens with one attached hydrogen (secondary N) is 1. The molecule has 1 saturated heterocycles. The molecule has 2 aromatic heterocycles. The first kappa shape index (κ1) is 19.8. The maximum atomic E-state index is 15.2. The van der Waals surface area contributed by atoms with E-state index in [9.17, 15) is 4.79 Å². The number of nitrogens with zero attached hydrogens (tertiary/aromatic N) is 6. The first-order valence-corrected chi connectivity index (χ1v) is 9.58. The summed E-state index contributed by atoms with van der Waals surface area (Å²) < 4.78 is 22.6. The van der Waals surface area contributed by atoms with Gasteiger partial charge in [-0.15, -0.1) is 0 Å². The number of rotatable bonds is 5. The van der Waals surface area contributed by atoms with E-state index >= 15 is 4.39 Å². The van der Waals surface area contributed by atoms with Crippen LogP contribution in [0.3, 0.4) is 0 Å². The summed E-state index contributed by atoms with van der Waals surface area (Å²) in [5.41, 5.74) is 9.09. The highest BCUT2D eigenvalue weighted by molar-refractivity contribution is 6.05. The van der Waals surface area contributed by atoms with Crippen molar-refractivity contribution in [3.8, 4) is 0 Å². The van der Waals surface area contributed by atoms with Gasteiger partial charge in [0.25, 0.3) is 5.91 Å². The Kier molecular flexibility index (Phi) is 5.11. The van der Waals surface area contributed by atoms with Gasteiger partial charge in [0, 0.05) is 16.4 Å². The first-order chi connectivity index (χ1) is 14.5. The van der Waals surface area contributed by atoms with E-state index in [1.807, 2.05) is 6.07 Å². The van der Waals surface area contributed by atoms with Gasteiger partial charge in [-0.25, -0.2) is 13.9 Å². The molecule has 4 rings (SSSR count). The third-order valence-corrected chi connectivity index (χ3v) is 5.57. The summed E-state index contributed by atoms with van der Waals surface area (Å²) in [5.74, 6) is -0.655. The number of benzene rings is 1. The molecule has 10 heteroatoms. The van der Waals surface area contributed by atoms with Crippen molar-refractivity contribution in [1.82, 2.24) is 14.6 Å². The molecule has 1 aliphatic rings. The number of carbonyl (C=O) groups is 1. The van der Waals surface area contributed by atoms with Crippen LogP contribution < -0.4 is 5.32 Å². The van der Waals surface area contributed by atoms with Crippen molar-refractivity contribution in [3.05, 3.63) is 70.5 Å². The van der Waals surface area contributed by atoms with Crippen LogP contribution in [0.1, 0.15) is 42.4 Å². The van der Waals surface area contributed by atoms with Gasteiger partial charge in [-0.05, 0) is 36.2 Å². The minimum absolute atomic E-state index is 0.295. The highest BCUT2D eigenvalue weighted by Crippen LogP contribution is 2.48. The summed E-state index contributed by atoms with van der Waals surface area (Å²) in [6, 6.07) is 12.1. The van der Waals surface area contributed by atoms with Gasteiger partial charge in [0.1, 0.15) is 24.1 Å². The zero-order valence-electron chi connectivity index (χ0n) is 16.4. The molecule has 30 heavy (non-hydrogen) atoms. The second-order valence-electron chi connectivity index (χ2n) is 7.14. The Morgan fingerprint density at radius 2 is 2.13 bits per heavy atom. The Morgan fingerprint density at radius 1 is 1.37 bits per heavy atom. The molecule has 9 nitrogen and oxygen atoms in total. The number of halogens is 1. The van der Waals surface area contributed by atoms with Crippen LogP contribution in [0.2, 0.25) is 0 Å². The lowest BCUT2D eigenvalue weighted by atomic mass is 9.92. The predicted octanol–water partition coefficient (Wildman–Crippen LogP) is 4.44. The van der Waals surface area contributed by atoms with Crippen LogP contribution in [0.15, 0.2) is 53.9 Å². The van der Waals surface area contributed by atoms with Gasteiger partial charge in [0.05, 0.1) is 5.69 Å². The number of anilines is 1. The Hall–Kier alpha value is -3.49.